The van der Waals surface area contributed by atoms with E-state index in [-0.39, 0.29) is 6.03 Å². The maximum absolute atomic E-state index is 12.4. The van der Waals surface area contributed by atoms with Gasteiger partial charge >= 0.3 is 6.03 Å². The van der Waals surface area contributed by atoms with E-state index in [1.807, 2.05) is 11.1 Å². The van der Waals surface area contributed by atoms with Crippen LogP contribution >= 0.6 is 0 Å². The summed E-state index contributed by atoms with van der Waals surface area (Å²) in [6.45, 7) is 5.71. The van der Waals surface area contributed by atoms with Crippen molar-refractivity contribution in [3.8, 4) is 0 Å². The van der Waals surface area contributed by atoms with E-state index in [0.29, 0.717) is 5.92 Å². The maximum Gasteiger partial charge on any atom is 0.317 e. The zero-order chi connectivity index (χ0) is 15.9. The van der Waals surface area contributed by atoms with Gasteiger partial charge < -0.3 is 20.1 Å². The fourth-order valence-corrected chi connectivity index (χ4v) is 3.68. The number of hydrogen-bond acceptors (Lipinski definition) is 3. The van der Waals surface area contributed by atoms with Crippen LogP contribution in [-0.4, -0.2) is 65.1 Å². The number of aromatic nitrogens is 2. The number of hydrogen-bond donors (Lipinski definition) is 2. The van der Waals surface area contributed by atoms with Crippen molar-refractivity contribution < 1.29 is 4.79 Å². The highest BCUT2D eigenvalue weighted by Crippen LogP contribution is 2.24. The Kier molecular flexibility index (Phi) is 5.91. The van der Waals surface area contributed by atoms with Crippen LogP contribution in [0.25, 0.3) is 0 Å². The van der Waals surface area contributed by atoms with Gasteiger partial charge in [0, 0.05) is 44.5 Å². The summed E-state index contributed by atoms with van der Waals surface area (Å²) in [7, 11) is 0. The molecule has 6 nitrogen and oxygen atoms in total. The number of H-pyrrole nitrogens is 1. The summed E-state index contributed by atoms with van der Waals surface area (Å²) in [5.74, 6) is 1.35. The van der Waals surface area contributed by atoms with Crippen LogP contribution in [0.5, 0.6) is 0 Å². The van der Waals surface area contributed by atoms with E-state index in [9.17, 15) is 4.79 Å². The Balaban J connectivity index is 1.40. The Labute approximate surface area is 138 Å². The third-order valence-electron chi connectivity index (χ3n) is 5.02. The Morgan fingerprint density at radius 2 is 2.04 bits per heavy atom. The molecule has 0 aromatic carbocycles. The summed E-state index contributed by atoms with van der Waals surface area (Å²) in [6, 6.07) is 0.0797. The number of amides is 2. The van der Waals surface area contributed by atoms with Crippen molar-refractivity contribution in [3.63, 3.8) is 0 Å². The summed E-state index contributed by atoms with van der Waals surface area (Å²) in [6.07, 6.45) is 11.1. The minimum absolute atomic E-state index is 0.0797. The number of piperidine rings is 1. The number of likely N-dealkylation sites (tertiary alicyclic amines) is 2. The summed E-state index contributed by atoms with van der Waals surface area (Å²) in [4.78, 5) is 24.3. The fourth-order valence-electron chi connectivity index (χ4n) is 3.68. The van der Waals surface area contributed by atoms with Crippen LogP contribution in [-0.2, 0) is 0 Å². The molecule has 23 heavy (non-hydrogen) atoms. The average Bonchev–Trinajstić information content (AvgIpc) is 3.00. The second-order valence-electron chi connectivity index (χ2n) is 6.75. The molecule has 2 N–H and O–H groups in total. The molecule has 1 aromatic heterocycles. The SMILES string of the molecule is O=C(NCCN1CCCCCC1)N1CCC[C@H](c2ncc[nH]2)C1. The number of aromatic amines is 1. The van der Waals surface area contributed by atoms with Crippen molar-refractivity contribution in [2.45, 2.75) is 44.4 Å². The van der Waals surface area contributed by atoms with Gasteiger partial charge in [0.1, 0.15) is 5.82 Å². The predicted octanol–water partition coefficient (Wildman–Crippen LogP) is 2.17. The van der Waals surface area contributed by atoms with E-state index in [1.165, 1.54) is 38.8 Å². The lowest BCUT2D eigenvalue weighted by molar-refractivity contribution is 0.176. The van der Waals surface area contributed by atoms with Crippen LogP contribution in [0.4, 0.5) is 4.79 Å². The fraction of sp³-hybridized carbons (Fsp3) is 0.765. The number of nitrogens with zero attached hydrogens (tertiary/aromatic N) is 3. The molecule has 2 aliphatic rings. The molecule has 0 saturated carbocycles. The topological polar surface area (TPSA) is 64.3 Å². The normalized spacial score (nSPS) is 23.5. The van der Waals surface area contributed by atoms with Gasteiger partial charge in [-0.3, -0.25) is 0 Å². The second-order valence-corrected chi connectivity index (χ2v) is 6.75. The summed E-state index contributed by atoms with van der Waals surface area (Å²) < 4.78 is 0. The van der Waals surface area contributed by atoms with E-state index < -0.39 is 0 Å². The number of rotatable bonds is 4. The van der Waals surface area contributed by atoms with Crippen molar-refractivity contribution in [2.24, 2.45) is 0 Å². The summed E-state index contributed by atoms with van der Waals surface area (Å²) in [5.41, 5.74) is 0. The van der Waals surface area contributed by atoms with E-state index in [4.69, 9.17) is 0 Å². The van der Waals surface area contributed by atoms with Crippen LogP contribution in [0.1, 0.15) is 50.3 Å². The zero-order valence-corrected chi connectivity index (χ0v) is 14.0. The van der Waals surface area contributed by atoms with Gasteiger partial charge in [-0.15, -0.1) is 0 Å². The minimum atomic E-state index is 0.0797. The van der Waals surface area contributed by atoms with Crippen molar-refractivity contribution >= 4 is 6.03 Å². The molecule has 3 rings (SSSR count). The van der Waals surface area contributed by atoms with Crippen LogP contribution in [0, 0.1) is 0 Å². The molecule has 3 heterocycles. The number of imidazole rings is 1. The van der Waals surface area contributed by atoms with Crippen LogP contribution < -0.4 is 5.32 Å². The molecule has 128 valence electrons. The van der Waals surface area contributed by atoms with Crippen LogP contribution in [0.2, 0.25) is 0 Å². The molecule has 2 saturated heterocycles. The first-order chi connectivity index (χ1) is 11.3. The van der Waals surface area contributed by atoms with Gasteiger partial charge in [-0.05, 0) is 38.8 Å². The van der Waals surface area contributed by atoms with Gasteiger partial charge in [-0.1, -0.05) is 12.8 Å². The lowest BCUT2D eigenvalue weighted by Gasteiger charge is -2.32. The van der Waals surface area contributed by atoms with Gasteiger partial charge in [-0.25, -0.2) is 9.78 Å². The highest BCUT2D eigenvalue weighted by atomic mass is 16.2. The van der Waals surface area contributed by atoms with Gasteiger partial charge in [0.25, 0.3) is 0 Å². The van der Waals surface area contributed by atoms with Gasteiger partial charge in [-0.2, -0.15) is 0 Å². The monoisotopic (exact) mass is 319 g/mol. The van der Waals surface area contributed by atoms with Crippen molar-refractivity contribution in [1.29, 1.82) is 0 Å². The maximum atomic E-state index is 12.4. The van der Waals surface area contributed by atoms with Gasteiger partial charge in [0.05, 0.1) is 0 Å². The lowest BCUT2D eigenvalue weighted by Crippen LogP contribution is -2.47. The van der Waals surface area contributed by atoms with Crippen molar-refractivity contribution in [1.82, 2.24) is 25.1 Å². The third kappa shape index (κ3) is 4.70. The first-order valence-corrected chi connectivity index (χ1v) is 9.07. The smallest absolute Gasteiger partial charge is 0.317 e. The zero-order valence-electron chi connectivity index (χ0n) is 14.0. The summed E-state index contributed by atoms with van der Waals surface area (Å²) in [5, 5.41) is 3.10. The Hall–Kier alpha value is -1.56. The number of carbonyl (C=O) groups excluding carboxylic acids is 1. The van der Waals surface area contributed by atoms with E-state index in [1.54, 1.807) is 6.20 Å². The first-order valence-electron chi connectivity index (χ1n) is 9.07. The second kappa shape index (κ2) is 8.34. The summed E-state index contributed by atoms with van der Waals surface area (Å²) >= 11 is 0. The molecule has 0 aliphatic carbocycles. The van der Waals surface area contributed by atoms with Crippen LogP contribution in [0.15, 0.2) is 12.4 Å². The minimum Gasteiger partial charge on any atom is -0.348 e. The van der Waals surface area contributed by atoms with Gasteiger partial charge in [0.15, 0.2) is 0 Å². The molecule has 0 radical (unpaired) electrons. The van der Waals surface area contributed by atoms with Crippen LogP contribution in [0.3, 0.4) is 0 Å². The average molecular weight is 319 g/mol. The molecular weight excluding hydrogens is 290 g/mol. The Morgan fingerprint density at radius 1 is 1.22 bits per heavy atom. The van der Waals surface area contributed by atoms with Crippen molar-refractivity contribution in [3.05, 3.63) is 18.2 Å². The molecule has 1 atom stereocenters. The quantitative estimate of drug-likeness (QED) is 0.894. The Bertz CT molecular complexity index is 467. The first kappa shape index (κ1) is 16.3. The lowest BCUT2D eigenvalue weighted by atomic mass is 9.98. The molecule has 2 fully saturated rings. The molecule has 0 bridgehead atoms. The molecular formula is C17H29N5O. The molecule has 0 spiro atoms. The highest BCUT2D eigenvalue weighted by molar-refractivity contribution is 5.74. The Morgan fingerprint density at radius 3 is 2.78 bits per heavy atom. The third-order valence-corrected chi connectivity index (χ3v) is 5.02. The highest BCUT2D eigenvalue weighted by Gasteiger charge is 2.25. The molecule has 0 unspecified atom stereocenters. The van der Waals surface area contributed by atoms with E-state index in [2.05, 4.69) is 20.2 Å². The number of carbonyl (C=O) groups is 1. The molecule has 2 amide bonds. The van der Waals surface area contributed by atoms with E-state index in [0.717, 1.165) is 44.8 Å². The standard InChI is InChI=1S/C17H29N5O/c23-17(20-9-13-21-10-3-1-2-4-11-21)22-12-5-6-15(14-22)16-18-7-8-19-16/h7-8,15H,1-6,9-14H2,(H,18,19)(H,20,23)/t15-/m0/s1. The van der Waals surface area contributed by atoms with Gasteiger partial charge in [0.2, 0.25) is 0 Å². The molecule has 6 heteroatoms. The predicted molar refractivity (Wildman–Crippen MR) is 90.4 cm³/mol. The molecule has 1 aromatic rings. The van der Waals surface area contributed by atoms with Crippen molar-refractivity contribution in [2.75, 3.05) is 39.3 Å². The van der Waals surface area contributed by atoms with E-state index >= 15 is 0 Å². The molecule has 2 aliphatic heterocycles. The number of urea groups is 1. The largest absolute Gasteiger partial charge is 0.348 e. The number of nitrogens with one attached hydrogen (secondary N) is 2.